The van der Waals surface area contributed by atoms with Gasteiger partial charge in [-0.3, -0.25) is 9.59 Å². The highest BCUT2D eigenvalue weighted by molar-refractivity contribution is 9.10. The first kappa shape index (κ1) is 19.5. The van der Waals surface area contributed by atoms with E-state index >= 15 is 0 Å². The lowest BCUT2D eigenvalue weighted by molar-refractivity contribution is -0.132. The molecule has 1 N–H and O–H groups in total. The number of benzene rings is 1. The van der Waals surface area contributed by atoms with Gasteiger partial charge in [0.1, 0.15) is 5.82 Å². The van der Waals surface area contributed by atoms with Gasteiger partial charge in [-0.15, -0.1) is 11.8 Å². The van der Waals surface area contributed by atoms with Gasteiger partial charge in [0.05, 0.1) is 6.54 Å². The van der Waals surface area contributed by atoms with E-state index in [0.717, 1.165) is 14.9 Å². The lowest BCUT2D eigenvalue weighted by atomic mass is 10.3. The molecule has 25 heavy (non-hydrogen) atoms. The zero-order chi connectivity index (χ0) is 18.2. The largest absolute Gasteiger partial charge is 0.336 e. The molecule has 5 nitrogen and oxygen atoms in total. The molecule has 1 heterocycles. The Bertz CT molecular complexity index is 737. The Morgan fingerprint density at radius 2 is 1.96 bits per heavy atom. The van der Waals surface area contributed by atoms with E-state index < -0.39 is 0 Å². The van der Waals surface area contributed by atoms with Crippen LogP contribution in [0.2, 0.25) is 0 Å². The highest BCUT2D eigenvalue weighted by Crippen LogP contribution is 2.21. The molecule has 1 aromatic heterocycles. The number of nitrogens with zero attached hydrogens (tertiary/aromatic N) is 2. The fourth-order valence-electron chi connectivity index (χ4n) is 2.07. The van der Waals surface area contributed by atoms with Gasteiger partial charge < -0.3 is 10.2 Å². The van der Waals surface area contributed by atoms with E-state index in [-0.39, 0.29) is 18.4 Å². The Balaban J connectivity index is 1.73. The highest BCUT2D eigenvalue weighted by Gasteiger charge is 2.13. The first-order valence-electron chi connectivity index (χ1n) is 7.79. The summed E-state index contributed by atoms with van der Waals surface area (Å²) in [5.41, 5.74) is 1.01. The number of likely N-dealkylation sites (N-methyl/N-ethyl adjacent to an activating group) is 1. The summed E-state index contributed by atoms with van der Waals surface area (Å²) in [4.78, 5) is 30.8. The van der Waals surface area contributed by atoms with Crippen LogP contribution in [0.4, 0.5) is 5.82 Å². The molecule has 0 saturated heterocycles. The number of halogens is 1. The quantitative estimate of drug-likeness (QED) is 0.691. The van der Waals surface area contributed by atoms with Crippen molar-refractivity contribution in [2.75, 3.05) is 24.7 Å². The molecule has 0 aliphatic rings. The van der Waals surface area contributed by atoms with Crippen molar-refractivity contribution >= 4 is 45.3 Å². The maximum absolute atomic E-state index is 12.1. The molecule has 1 aromatic carbocycles. The molecule has 0 fully saturated rings. The molecular weight excluding hydrogens is 402 g/mol. The third-order valence-corrected chi connectivity index (χ3v) is 4.93. The summed E-state index contributed by atoms with van der Waals surface area (Å²) in [6.07, 6.45) is 2.02. The topological polar surface area (TPSA) is 62.3 Å². The van der Waals surface area contributed by atoms with Gasteiger partial charge in [0.15, 0.2) is 0 Å². The summed E-state index contributed by atoms with van der Waals surface area (Å²) in [5, 5.41) is 2.70. The molecule has 0 saturated carbocycles. The summed E-state index contributed by atoms with van der Waals surface area (Å²) in [6.45, 7) is 1.94. The van der Waals surface area contributed by atoms with Crippen LogP contribution in [0.5, 0.6) is 0 Å². The summed E-state index contributed by atoms with van der Waals surface area (Å²) in [5.74, 6) is 0.856. The second kappa shape index (κ2) is 9.58. The Morgan fingerprint density at radius 3 is 2.64 bits per heavy atom. The maximum Gasteiger partial charge on any atom is 0.245 e. The summed E-state index contributed by atoms with van der Waals surface area (Å²) in [7, 11) is 1.63. The van der Waals surface area contributed by atoms with Crippen LogP contribution in [0.1, 0.15) is 12.0 Å². The third kappa shape index (κ3) is 6.88. The number of amides is 2. The van der Waals surface area contributed by atoms with E-state index in [2.05, 4.69) is 26.2 Å². The van der Waals surface area contributed by atoms with E-state index in [9.17, 15) is 9.59 Å². The van der Waals surface area contributed by atoms with Crippen molar-refractivity contribution in [3.63, 3.8) is 0 Å². The van der Waals surface area contributed by atoms with Gasteiger partial charge >= 0.3 is 0 Å². The number of pyridine rings is 1. The van der Waals surface area contributed by atoms with Crippen LogP contribution < -0.4 is 5.32 Å². The monoisotopic (exact) mass is 421 g/mol. The molecule has 2 rings (SSSR count). The zero-order valence-electron chi connectivity index (χ0n) is 14.2. The molecule has 0 spiro atoms. The number of thioether (sulfide) groups is 1. The van der Waals surface area contributed by atoms with Crippen LogP contribution in [0.25, 0.3) is 0 Å². The molecule has 0 bridgehead atoms. The number of hydrogen-bond donors (Lipinski definition) is 1. The molecular formula is C18H20BrN3O2S. The van der Waals surface area contributed by atoms with Crippen molar-refractivity contribution in [2.45, 2.75) is 18.2 Å². The number of carbonyl (C=O) groups is 2. The van der Waals surface area contributed by atoms with Gasteiger partial charge in [0, 0.05) is 34.8 Å². The van der Waals surface area contributed by atoms with Crippen LogP contribution in [0.3, 0.4) is 0 Å². The third-order valence-electron chi connectivity index (χ3n) is 3.39. The Labute approximate surface area is 160 Å². The first-order valence-corrected chi connectivity index (χ1v) is 9.57. The van der Waals surface area contributed by atoms with E-state index in [1.54, 1.807) is 31.1 Å². The minimum atomic E-state index is -0.255. The van der Waals surface area contributed by atoms with Crippen molar-refractivity contribution in [3.8, 4) is 0 Å². The van der Waals surface area contributed by atoms with Gasteiger partial charge in [-0.1, -0.05) is 15.9 Å². The second-order valence-electron chi connectivity index (χ2n) is 5.57. The first-order chi connectivity index (χ1) is 11.9. The predicted molar refractivity (Wildman–Crippen MR) is 105 cm³/mol. The average Bonchev–Trinajstić information content (AvgIpc) is 2.56. The predicted octanol–water partition coefficient (Wildman–Crippen LogP) is 3.73. The second-order valence-corrected chi connectivity index (χ2v) is 7.65. The Morgan fingerprint density at radius 1 is 1.24 bits per heavy atom. The number of hydrogen-bond acceptors (Lipinski definition) is 4. The number of carbonyl (C=O) groups excluding carboxylic acids is 2. The van der Waals surface area contributed by atoms with E-state index in [1.165, 1.54) is 4.90 Å². The van der Waals surface area contributed by atoms with E-state index in [4.69, 9.17) is 0 Å². The fraction of sp³-hybridized carbons (Fsp3) is 0.278. The minimum absolute atomic E-state index is 0.0113. The van der Waals surface area contributed by atoms with Crippen LogP contribution in [-0.4, -0.2) is 41.0 Å². The molecule has 0 radical (unpaired) electrons. The molecule has 132 valence electrons. The number of aryl methyl sites for hydroxylation is 1. The molecule has 2 aromatic rings. The summed E-state index contributed by atoms with van der Waals surface area (Å²) in [6, 6.07) is 11.6. The fourth-order valence-corrected chi connectivity index (χ4v) is 3.17. The van der Waals surface area contributed by atoms with Crippen molar-refractivity contribution in [1.29, 1.82) is 0 Å². The SMILES string of the molecule is Cc1ccnc(NC(=O)CN(C)C(=O)CCSc2ccc(Br)cc2)c1. The maximum atomic E-state index is 12.1. The van der Waals surface area contributed by atoms with Gasteiger partial charge in [-0.2, -0.15) is 0 Å². The Hall–Kier alpha value is -1.86. The number of nitrogens with one attached hydrogen (secondary N) is 1. The summed E-state index contributed by atoms with van der Waals surface area (Å²) < 4.78 is 1.03. The molecule has 7 heteroatoms. The van der Waals surface area contributed by atoms with Crippen LogP contribution in [0, 0.1) is 6.92 Å². The minimum Gasteiger partial charge on any atom is -0.336 e. The van der Waals surface area contributed by atoms with Gasteiger partial charge in [-0.25, -0.2) is 4.98 Å². The lowest BCUT2D eigenvalue weighted by Gasteiger charge is -2.16. The van der Waals surface area contributed by atoms with Crippen molar-refractivity contribution < 1.29 is 9.59 Å². The van der Waals surface area contributed by atoms with Crippen LogP contribution >= 0.6 is 27.7 Å². The normalized spacial score (nSPS) is 10.4. The molecule has 0 atom stereocenters. The summed E-state index contributed by atoms with van der Waals surface area (Å²) >= 11 is 5.01. The van der Waals surface area contributed by atoms with Crippen molar-refractivity contribution in [1.82, 2.24) is 9.88 Å². The molecule has 2 amide bonds. The van der Waals surface area contributed by atoms with Crippen molar-refractivity contribution in [3.05, 3.63) is 52.6 Å². The van der Waals surface area contributed by atoms with Crippen molar-refractivity contribution in [2.24, 2.45) is 0 Å². The van der Waals surface area contributed by atoms with Gasteiger partial charge in [0.2, 0.25) is 11.8 Å². The smallest absolute Gasteiger partial charge is 0.245 e. The Kier molecular flexibility index (Phi) is 7.46. The molecule has 0 aliphatic heterocycles. The van der Waals surface area contributed by atoms with E-state index in [0.29, 0.717) is 18.0 Å². The molecule has 0 aliphatic carbocycles. The van der Waals surface area contributed by atoms with Gasteiger partial charge in [-0.05, 0) is 48.9 Å². The number of anilines is 1. The van der Waals surface area contributed by atoms with Gasteiger partial charge in [0.25, 0.3) is 0 Å². The van der Waals surface area contributed by atoms with E-state index in [1.807, 2.05) is 37.3 Å². The number of aromatic nitrogens is 1. The lowest BCUT2D eigenvalue weighted by Crippen LogP contribution is -2.35. The number of rotatable bonds is 7. The zero-order valence-corrected chi connectivity index (χ0v) is 16.6. The average molecular weight is 422 g/mol. The van der Waals surface area contributed by atoms with Crippen LogP contribution in [0.15, 0.2) is 52.0 Å². The molecule has 0 unspecified atom stereocenters. The highest BCUT2D eigenvalue weighted by atomic mass is 79.9. The van der Waals surface area contributed by atoms with Crippen LogP contribution in [-0.2, 0) is 9.59 Å². The standard InChI is InChI=1S/C18H20BrN3O2S/c1-13-7-9-20-16(11-13)21-17(23)12-22(2)18(24)8-10-25-15-5-3-14(19)4-6-15/h3-7,9,11H,8,10,12H2,1-2H3,(H,20,21,23).